The maximum absolute atomic E-state index is 9.74. The summed E-state index contributed by atoms with van der Waals surface area (Å²) < 4.78 is 6.00. The summed E-state index contributed by atoms with van der Waals surface area (Å²) in [6, 6.07) is 5.45. The van der Waals surface area contributed by atoms with E-state index in [1.807, 2.05) is 12.1 Å². The molecule has 0 amide bonds. The van der Waals surface area contributed by atoms with E-state index < -0.39 is 0 Å². The van der Waals surface area contributed by atoms with E-state index in [4.69, 9.17) is 4.74 Å². The van der Waals surface area contributed by atoms with Crippen LogP contribution < -0.4 is 10.1 Å². The Bertz CT molecular complexity index is 383. The van der Waals surface area contributed by atoms with Gasteiger partial charge in [-0.15, -0.1) is 0 Å². The first-order valence-corrected chi connectivity index (χ1v) is 5.54. The maximum atomic E-state index is 9.74. The van der Waals surface area contributed by atoms with Crippen molar-refractivity contribution in [2.45, 2.75) is 31.3 Å². The van der Waals surface area contributed by atoms with Gasteiger partial charge in [0.1, 0.15) is 5.60 Å². The summed E-state index contributed by atoms with van der Waals surface area (Å²) in [5.74, 6) is 0.872. The summed E-state index contributed by atoms with van der Waals surface area (Å²) >= 11 is 0. The molecule has 2 N–H and O–H groups in total. The van der Waals surface area contributed by atoms with Gasteiger partial charge in [0.05, 0.1) is 12.2 Å². The minimum Gasteiger partial charge on any atom is -0.504 e. The van der Waals surface area contributed by atoms with E-state index in [1.54, 1.807) is 6.07 Å². The number of nitrogens with one attached hydrogen (secondary N) is 1. The van der Waals surface area contributed by atoms with Crippen LogP contribution in [0, 0.1) is 0 Å². The highest BCUT2D eigenvalue weighted by Crippen LogP contribution is 2.45. The monoisotopic (exact) mass is 205 g/mol. The van der Waals surface area contributed by atoms with Gasteiger partial charge < -0.3 is 15.2 Å². The number of phenolic OH excluding ortho intramolecular Hbond substituents is 1. The van der Waals surface area contributed by atoms with E-state index >= 15 is 0 Å². The van der Waals surface area contributed by atoms with Gasteiger partial charge in [-0.3, -0.25) is 0 Å². The van der Waals surface area contributed by atoms with Gasteiger partial charge in [-0.1, -0.05) is 6.07 Å². The van der Waals surface area contributed by atoms with Gasteiger partial charge >= 0.3 is 0 Å². The van der Waals surface area contributed by atoms with E-state index in [1.165, 1.54) is 12.8 Å². The number of rotatable bonds is 0. The molecule has 1 fully saturated rings. The molecule has 1 heterocycles. The van der Waals surface area contributed by atoms with Crippen LogP contribution in [0.2, 0.25) is 0 Å². The van der Waals surface area contributed by atoms with Crippen LogP contribution in [0.15, 0.2) is 18.2 Å². The summed E-state index contributed by atoms with van der Waals surface area (Å²) in [5.41, 5.74) is 0.846. The van der Waals surface area contributed by atoms with Crippen molar-refractivity contribution in [2.75, 3.05) is 11.9 Å². The van der Waals surface area contributed by atoms with Crippen LogP contribution in [0.5, 0.6) is 11.5 Å². The third-order valence-electron chi connectivity index (χ3n) is 3.43. The van der Waals surface area contributed by atoms with Crippen molar-refractivity contribution >= 4 is 5.69 Å². The fourth-order valence-electron chi connectivity index (χ4n) is 2.58. The Morgan fingerprint density at radius 2 is 2.07 bits per heavy atom. The first-order valence-electron chi connectivity index (χ1n) is 5.54. The number of phenols is 1. The second-order valence-corrected chi connectivity index (χ2v) is 4.50. The normalized spacial score (nSPS) is 21.9. The molecule has 15 heavy (non-hydrogen) atoms. The third-order valence-corrected chi connectivity index (χ3v) is 3.43. The van der Waals surface area contributed by atoms with Crippen molar-refractivity contribution in [3.63, 3.8) is 0 Å². The van der Waals surface area contributed by atoms with Crippen LogP contribution in [0.3, 0.4) is 0 Å². The van der Waals surface area contributed by atoms with E-state index in [9.17, 15) is 5.11 Å². The van der Waals surface area contributed by atoms with E-state index in [2.05, 4.69) is 5.32 Å². The lowest BCUT2D eigenvalue weighted by molar-refractivity contribution is 0.0792. The highest BCUT2D eigenvalue weighted by atomic mass is 16.5. The maximum Gasteiger partial charge on any atom is 0.184 e. The molecule has 2 aliphatic rings. The molecule has 1 aromatic rings. The SMILES string of the molecule is Oc1cccc2c1OC1(CCCC1)CN2. The third kappa shape index (κ3) is 1.34. The highest BCUT2D eigenvalue weighted by molar-refractivity contribution is 5.64. The predicted octanol–water partition coefficient (Wildman–Crippen LogP) is 2.51. The van der Waals surface area contributed by atoms with Crippen molar-refractivity contribution in [3.05, 3.63) is 18.2 Å². The summed E-state index contributed by atoms with van der Waals surface area (Å²) in [5, 5.41) is 13.1. The van der Waals surface area contributed by atoms with Crippen molar-refractivity contribution in [3.8, 4) is 11.5 Å². The zero-order valence-corrected chi connectivity index (χ0v) is 8.62. The van der Waals surface area contributed by atoms with Gasteiger partial charge in [0, 0.05) is 0 Å². The zero-order valence-electron chi connectivity index (χ0n) is 8.62. The largest absolute Gasteiger partial charge is 0.504 e. The van der Waals surface area contributed by atoms with E-state index in [-0.39, 0.29) is 11.4 Å². The van der Waals surface area contributed by atoms with Crippen LogP contribution in [0.4, 0.5) is 5.69 Å². The molecule has 0 aromatic heterocycles. The molecule has 0 atom stereocenters. The zero-order chi connectivity index (χ0) is 10.3. The van der Waals surface area contributed by atoms with Crippen molar-refractivity contribution in [2.24, 2.45) is 0 Å². The minimum absolute atomic E-state index is 0.0637. The molecule has 0 radical (unpaired) electrons. The summed E-state index contributed by atoms with van der Waals surface area (Å²) in [4.78, 5) is 0. The predicted molar refractivity (Wildman–Crippen MR) is 58.4 cm³/mol. The van der Waals surface area contributed by atoms with Crippen LogP contribution in [0.25, 0.3) is 0 Å². The van der Waals surface area contributed by atoms with E-state index in [0.717, 1.165) is 25.1 Å². The fraction of sp³-hybridized carbons (Fsp3) is 0.500. The van der Waals surface area contributed by atoms with Crippen molar-refractivity contribution < 1.29 is 9.84 Å². The van der Waals surface area contributed by atoms with Crippen LogP contribution in [-0.2, 0) is 0 Å². The van der Waals surface area contributed by atoms with Gasteiger partial charge in [0.25, 0.3) is 0 Å². The van der Waals surface area contributed by atoms with Gasteiger partial charge in [-0.2, -0.15) is 0 Å². The van der Waals surface area contributed by atoms with Crippen molar-refractivity contribution in [1.82, 2.24) is 0 Å². The lowest BCUT2D eigenvalue weighted by Crippen LogP contribution is -2.43. The number of ether oxygens (including phenoxy) is 1. The molecule has 0 saturated heterocycles. The number of hydrogen-bond donors (Lipinski definition) is 2. The Morgan fingerprint density at radius 3 is 2.87 bits per heavy atom. The number of anilines is 1. The summed E-state index contributed by atoms with van der Waals surface area (Å²) in [6.45, 7) is 0.865. The number of benzene rings is 1. The molecular weight excluding hydrogens is 190 g/mol. The second kappa shape index (κ2) is 3.05. The van der Waals surface area contributed by atoms with Crippen LogP contribution in [0.1, 0.15) is 25.7 Å². The molecule has 1 aliphatic heterocycles. The number of para-hydroxylation sites is 1. The topological polar surface area (TPSA) is 41.5 Å². The minimum atomic E-state index is -0.0637. The Balaban J connectivity index is 1.98. The van der Waals surface area contributed by atoms with Crippen LogP contribution >= 0.6 is 0 Å². The molecule has 0 unspecified atom stereocenters. The average Bonchev–Trinajstić information content (AvgIpc) is 2.68. The van der Waals surface area contributed by atoms with Gasteiger partial charge in [-0.05, 0) is 37.8 Å². The molecule has 3 rings (SSSR count). The molecular formula is C12H15NO2. The molecule has 1 aromatic carbocycles. The Morgan fingerprint density at radius 1 is 1.27 bits per heavy atom. The average molecular weight is 205 g/mol. The first-order chi connectivity index (χ1) is 7.29. The standard InChI is InChI=1S/C12H15NO2/c14-10-5-3-4-9-11(10)15-12(8-13-9)6-1-2-7-12/h3-5,13-14H,1-2,6-8H2. The second-order valence-electron chi connectivity index (χ2n) is 4.50. The number of hydrogen-bond acceptors (Lipinski definition) is 3. The first kappa shape index (κ1) is 8.89. The quantitative estimate of drug-likeness (QED) is 0.683. The Kier molecular flexibility index (Phi) is 1.81. The molecule has 0 bridgehead atoms. The molecule has 80 valence electrons. The Hall–Kier alpha value is -1.38. The van der Waals surface area contributed by atoms with E-state index in [0.29, 0.717) is 5.75 Å². The lowest BCUT2D eigenvalue weighted by atomic mass is 10.00. The molecule has 3 heteroatoms. The Labute approximate surface area is 89.1 Å². The number of aromatic hydroxyl groups is 1. The lowest BCUT2D eigenvalue weighted by Gasteiger charge is -2.36. The van der Waals surface area contributed by atoms with Gasteiger partial charge in [0.15, 0.2) is 11.5 Å². The van der Waals surface area contributed by atoms with Crippen molar-refractivity contribution in [1.29, 1.82) is 0 Å². The molecule has 3 nitrogen and oxygen atoms in total. The smallest absolute Gasteiger partial charge is 0.184 e. The molecule has 1 saturated carbocycles. The fourth-order valence-corrected chi connectivity index (χ4v) is 2.58. The summed E-state index contributed by atoms with van der Waals surface area (Å²) in [7, 11) is 0. The molecule has 1 aliphatic carbocycles. The van der Waals surface area contributed by atoms with Gasteiger partial charge in [-0.25, -0.2) is 0 Å². The number of fused-ring (bicyclic) bond motifs is 1. The molecule has 1 spiro atoms. The van der Waals surface area contributed by atoms with Crippen LogP contribution in [-0.4, -0.2) is 17.3 Å². The highest BCUT2D eigenvalue weighted by Gasteiger charge is 2.39. The summed E-state index contributed by atoms with van der Waals surface area (Å²) in [6.07, 6.45) is 4.64. The van der Waals surface area contributed by atoms with Gasteiger partial charge in [0.2, 0.25) is 0 Å².